The van der Waals surface area contributed by atoms with Crippen molar-refractivity contribution < 1.29 is 0 Å². The molecule has 2 aromatic rings. The van der Waals surface area contributed by atoms with E-state index in [1.807, 2.05) is 0 Å². The highest BCUT2D eigenvalue weighted by atomic mass is 32.1. The van der Waals surface area contributed by atoms with Crippen LogP contribution in [-0.2, 0) is 6.54 Å². The van der Waals surface area contributed by atoms with E-state index in [4.69, 9.17) is 5.73 Å². The highest BCUT2D eigenvalue weighted by Crippen LogP contribution is 2.25. The minimum atomic E-state index is 0.266. The monoisotopic (exact) mass is 277 g/mol. The molecule has 0 radical (unpaired) electrons. The van der Waals surface area contributed by atoms with Gasteiger partial charge in [-0.2, -0.15) is 0 Å². The predicted octanol–water partition coefficient (Wildman–Crippen LogP) is 3.94. The standard InChI is InChI=1S/C15H23N3S/c1-4-15(5-2,6-3)17-10-11-7-8-12-13(9-11)19-14(16)18-12/h7-9,17H,4-6,10H2,1-3H3,(H2,16,18). The Bertz CT molecular complexity index is 535. The summed E-state index contributed by atoms with van der Waals surface area (Å²) in [5, 5.41) is 4.37. The Hall–Kier alpha value is -1.13. The van der Waals surface area contributed by atoms with Crippen molar-refractivity contribution in [3.8, 4) is 0 Å². The second kappa shape index (κ2) is 5.88. The van der Waals surface area contributed by atoms with Gasteiger partial charge in [0, 0.05) is 12.1 Å². The highest BCUT2D eigenvalue weighted by molar-refractivity contribution is 7.22. The molecular weight excluding hydrogens is 254 g/mol. The van der Waals surface area contributed by atoms with E-state index < -0.39 is 0 Å². The number of thiazole rings is 1. The fourth-order valence-electron chi connectivity index (χ4n) is 2.51. The van der Waals surface area contributed by atoms with E-state index >= 15 is 0 Å². The molecule has 0 aliphatic heterocycles. The number of hydrogen-bond acceptors (Lipinski definition) is 4. The maximum atomic E-state index is 5.74. The summed E-state index contributed by atoms with van der Waals surface area (Å²) in [6.07, 6.45) is 3.49. The number of anilines is 1. The Labute approximate surface area is 119 Å². The molecule has 0 fully saturated rings. The Morgan fingerprint density at radius 2 is 1.89 bits per heavy atom. The largest absolute Gasteiger partial charge is 0.375 e. The first-order valence-corrected chi connectivity index (χ1v) is 7.84. The van der Waals surface area contributed by atoms with Crippen molar-refractivity contribution in [1.82, 2.24) is 10.3 Å². The summed E-state index contributed by atoms with van der Waals surface area (Å²) in [6, 6.07) is 6.40. The first-order valence-electron chi connectivity index (χ1n) is 7.02. The third-order valence-corrected chi connectivity index (χ3v) is 5.01. The molecule has 0 unspecified atom stereocenters. The van der Waals surface area contributed by atoms with Crippen LogP contribution in [0.5, 0.6) is 0 Å². The second-order valence-electron chi connectivity index (χ2n) is 5.05. The SMILES string of the molecule is CCC(CC)(CC)NCc1ccc2nc(N)sc2c1. The van der Waals surface area contributed by atoms with Gasteiger partial charge in [0.05, 0.1) is 10.2 Å². The summed E-state index contributed by atoms with van der Waals surface area (Å²) >= 11 is 1.56. The summed E-state index contributed by atoms with van der Waals surface area (Å²) in [7, 11) is 0. The number of rotatable bonds is 6. The lowest BCUT2D eigenvalue weighted by atomic mass is 9.89. The van der Waals surface area contributed by atoms with Crippen molar-refractivity contribution in [1.29, 1.82) is 0 Å². The molecule has 0 aliphatic carbocycles. The first kappa shape index (κ1) is 14.3. The van der Waals surface area contributed by atoms with Crippen LogP contribution in [0.2, 0.25) is 0 Å². The number of nitrogens with zero attached hydrogens (tertiary/aromatic N) is 1. The predicted molar refractivity (Wildman–Crippen MR) is 84.5 cm³/mol. The average molecular weight is 277 g/mol. The quantitative estimate of drug-likeness (QED) is 0.841. The molecule has 0 saturated heterocycles. The van der Waals surface area contributed by atoms with Crippen LogP contribution < -0.4 is 11.1 Å². The molecule has 0 aliphatic rings. The first-order chi connectivity index (χ1) is 9.12. The normalized spacial score (nSPS) is 12.2. The molecule has 2 rings (SSSR count). The molecule has 19 heavy (non-hydrogen) atoms. The zero-order chi connectivity index (χ0) is 13.9. The van der Waals surface area contributed by atoms with Crippen LogP contribution in [0.3, 0.4) is 0 Å². The number of nitrogens with one attached hydrogen (secondary N) is 1. The molecule has 3 nitrogen and oxygen atoms in total. The zero-order valence-electron chi connectivity index (χ0n) is 12.0. The Kier molecular flexibility index (Phi) is 4.42. The van der Waals surface area contributed by atoms with E-state index in [9.17, 15) is 0 Å². The van der Waals surface area contributed by atoms with Gasteiger partial charge < -0.3 is 11.1 Å². The van der Waals surface area contributed by atoms with Crippen molar-refractivity contribution in [2.24, 2.45) is 0 Å². The van der Waals surface area contributed by atoms with Gasteiger partial charge in [-0.1, -0.05) is 38.2 Å². The second-order valence-corrected chi connectivity index (χ2v) is 6.11. The molecule has 1 heterocycles. The van der Waals surface area contributed by atoms with Gasteiger partial charge in [0.2, 0.25) is 0 Å². The van der Waals surface area contributed by atoms with Gasteiger partial charge in [0.1, 0.15) is 0 Å². The lowest BCUT2D eigenvalue weighted by molar-refractivity contribution is 0.288. The minimum Gasteiger partial charge on any atom is -0.375 e. The molecule has 0 amide bonds. The minimum absolute atomic E-state index is 0.266. The number of nitrogen functional groups attached to an aromatic ring is 1. The van der Waals surface area contributed by atoms with E-state index in [2.05, 4.69) is 49.3 Å². The Morgan fingerprint density at radius 3 is 2.53 bits per heavy atom. The van der Waals surface area contributed by atoms with Gasteiger partial charge in [-0.15, -0.1) is 0 Å². The number of fused-ring (bicyclic) bond motifs is 1. The van der Waals surface area contributed by atoms with E-state index in [0.29, 0.717) is 5.13 Å². The van der Waals surface area contributed by atoms with E-state index in [1.54, 1.807) is 11.3 Å². The van der Waals surface area contributed by atoms with E-state index in [-0.39, 0.29) is 5.54 Å². The van der Waals surface area contributed by atoms with E-state index in [0.717, 1.165) is 31.3 Å². The topological polar surface area (TPSA) is 50.9 Å². The molecule has 0 bridgehead atoms. The van der Waals surface area contributed by atoms with Gasteiger partial charge in [-0.3, -0.25) is 0 Å². The fraction of sp³-hybridized carbons (Fsp3) is 0.533. The van der Waals surface area contributed by atoms with Gasteiger partial charge in [0.15, 0.2) is 5.13 Å². The van der Waals surface area contributed by atoms with Gasteiger partial charge in [0.25, 0.3) is 0 Å². The maximum absolute atomic E-state index is 5.74. The molecule has 104 valence electrons. The molecular formula is C15H23N3S. The Morgan fingerprint density at radius 1 is 1.21 bits per heavy atom. The van der Waals surface area contributed by atoms with Crippen LogP contribution in [-0.4, -0.2) is 10.5 Å². The van der Waals surface area contributed by atoms with Crippen LogP contribution in [0.25, 0.3) is 10.2 Å². The summed E-state index contributed by atoms with van der Waals surface area (Å²) in [4.78, 5) is 4.29. The van der Waals surface area contributed by atoms with Gasteiger partial charge in [-0.25, -0.2) is 4.98 Å². The van der Waals surface area contributed by atoms with Crippen LogP contribution in [0, 0.1) is 0 Å². The molecule has 3 N–H and O–H groups in total. The van der Waals surface area contributed by atoms with Crippen molar-refractivity contribution in [3.05, 3.63) is 23.8 Å². The van der Waals surface area contributed by atoms with Crippen molar-refractivity contribution >= 4 is 26.7 Å². The summed E-state index contributed by atoms with van der Waals surface area (Å²) in [5.41, 5.74) is 8.31. The number of aromatic nitrogens is 1. The molecule has 1 aromatic carbocycles. The van der Waals surface area contributed by atoms with Crippen LogP contribution in [0.15, 0.2) is 18.2 Å². The van der Waals surface area contributed by atoms with Crippen molar-refractivity contribution in [2.75, 3.05) is 5.73 Å². The number of benzene rings is 1. The molecule has 4 heteroatoms. The third kappa shape index (κ3) is 3.07. The van der Waals surface area contributed by atoms with Gasteiger partial charge >= 0.3 is 0 Å². The molecule has 0 atom stereocenters. The summed E-state index contributed by atoms with van der Waals surface area (Å²) in [5.74, 6) is 0. The fourth-order valence-corrected chi connectivity index (χ4v) is 3.31. The van der Waals surface area contributed by atoms with Crippen molar-refractivity contribution in [2.45, 2.75) is 52.1 Å². The number of nitrogens with two attached hydrogens (primary N) is 1. The Balaban J connectivity index is 2.12. The lowest BCUT2D eigenvalue weighted by Gasteiger charge is -2.32. The van der Waals surface area contributed by atoms with E-state index in [1.165, 1.54) is 10.3 Å². The number of hydrogen-bond donors (Lipinski definition) is 2. The summed E-state index contributed by atoms with van der Waals surface area (Å²) < 4.78 is 1.17. The zero-order valence-corrected chi connectivity index (χ0v) is 12.8. The highest BCUT2D eigenvalue weighted by Gasteiger charge is 2.22. The maximum Gasteiger partial charge on any atom is 0.181 e. The summed E-state index contributed by atoms with van der Waals surface area (Å²) in [6.45, 7) is 7.68. The lowest BCUT2D eigenvalue weighted by Crippen LogP contribution is -2.43. The molecule has 0 saturated carbocycles. The molecule has 0 spiro atoms. The van der Waals surface area contributed by atoms with Gasteiger partial charge in [-0.05, 0) is 37.0 Å². The van der Waals surface area contributed by atoms with Crippen molar-refractivity contribution in [3.63, 3.8) is 0 Å². The smallest absolute Gasteiger partial charge is 0.181 e. The van der Waals surface area contributed by atoms with Crippen LogP contribution >= 0.6 is 11.3 Å². The average Bonchev–Trinajstić information content (AvgIpc) is 2.80. The van der Waals surface area contributed by atoms with Crippen LogP contribution in [0.4, 0.5) is 5.13 Å². The van der Waals surface area contributed by atoms with Crippen LogP contribution in [0.1, 0.15) is 45.6 Å². The molecule has 1 aromatic heterocycles. The third-order valence-electron chi connectivity index (χ3n) is 4.17.